The van der Waals surface area contributed by atoms with Gasteiger partial charge in [-0.3, -0.25) is 9.59 Å². The number of amides is 1. The third kappa shape index (κ3) is 3.51. The van der Waals surface area contributed by atoms with Crippen LogP contribution in [0.15, 0.2) is 44.7 Å². The van der Waals surface area contributed by atoms with Gasteiger partial charge in [-0.15, -0.1) is 11.8 Å². The molecule has 7 heteroatoms. The number of anilines is 1. The summed E-state index contributed by atoms with van der Waals surface area (Å²) in [5.41, 5.74) is 0.808. The molecule has 1 amide bonds. The van der Waals surface area contributed by atoms with E-state index in [4.69, 9.17) is 4.42 Å². The topological polar surface area (TPSA) is 77.1 Å². The number of aryl methyl sites for hydroxylation is 2. The lowest BCUT2D eigenvalue weighted by Crippen LogP contribution is -2.20. The summed E-state index contributed by atoms with van der Waals surface area (Å²) >= 11 is 1.90. The highest BCUT2D eigenvalue weighted by Gasteiger charge is 2.22. The molecule has 1 fully saturated rings. The number of hydrogen-bond acceptors (Lipinski definition) is 5. The van der Waals surface area contributed by atoms with Gasteiger partial charge in [0.15, 0.2) is 0 Å². The minimum Gasteiger partial charge on any atom is -0.442 e. The fourth-order valence-corrected chi connectivity index (χ4v) is 4.72. The number of thioether (sulfide) groups is 1. The maximum absolute atomic E-state index is 12.8. The molecule has 0 aliphatic heterocycles. The number of furan rings is 1. The smallest absolute Gasteiger partial charge is 0.265 e. The average Bonchev–Trinajstić information content (AvgIpc) is 3.27. The number of nitrogens with zero attached hydrogens (tertiary/aromatic N) is 2. The van der Waals surface area contributed by atoms with Crippen LogP contribution in [0, 0.1) is 6.92 Å². The van der Waals surface area contributed by atoms with Crippen molar-refractivity contribution in [3.05, 3.63) is 52.3 Å². The first-order chi connectivity index (χ1) is 13.0. The van der Waals surface area contributed by atoms with E-state index in [-0.39, 0.29) is 28.1 Å². The Morgan fingerprint density at radius 2 is 1.96 bits per heavy atom. The van der Waals surface area contributed by atoms with E-state index >= 15 is 0 Å². The molecular formula is C20H21N3O3S. The van der Waals surface area contributed by atoms with Gasteiger partial charge in [-0.25, -0.2) is 4.98 Å². The van der Waals surface area contributed by atoms with Gasteiger partial charge in [0.1, 0.15) is 17.5 Å². The molecular weight excluding hydrogens is 362 g/mol. The lowest BCUT2D eigenvalue weighted by Gasteiger charge is -2.10. The van der Waals surface area contributed by atoms with Crippen molar-refractivity contribution >= 4 is 34.5 Å². The van der Waals surface area contributed by atoms with Gasteiger partial charge in [0.25, 0.3) is 11.5 Å². The van der Waals surface area contributed by atoms with E-state index < -0.39 is 0 Å². The molecule has 2 aromatic heterocycles. The molecule has 0 bridgehead atoms. The number of hydrogen-bond donors (Lipinski definition) is 1. The molecule has 1 aromatic carbocycles. The fourth-order valence-electron chi connectivity index (χ4n) is 3.47. The molecule has 1 N–H and O–H groups in total. The zero-order valence-corrected chi connectivity index (χ0v) is 16.1. The number of aromatic nitrogens is 2. The average molecular weight is 383 g/mol. The third-order valence-electron chi connectivity index (χ3n) is 4.89. The summed E-state index contributed by atoms with van der Waals surface area (Å²) in [5.74, 6) is 0.0132. The van der Waals surface area contributed by atoms with E-state index in [0.717, 1.165) is 0 Å². The summed E-state index contributed by atoms with van der Waals surface area (Å²) in [6, 6.07) is 7.84. The van der Waals surface area contributed by atoms with Gasteiger partial charge in [0.05, 0.1) is 5.56 Å². The molecule has 3 aromatic rings. The lowest BCUT2D eigenvalue weighted by molar-refractivity contribution is 0.102. The van der Waals surface area contributed by atoms with Crippen LogP contribution in [0.25, 0.3) is 11.1 Å². The second-order valence-electron chi connectivity index (χ2n) is 6.88. The number of carbonyl (C=O) groups is 1. The molecule has 2 heterocycles. The van der Waals surface area contributed by atoms with Gasteiger partial charge >= 0.3 is 0 Å². The van der Waals surface area contributed by atoms with Crippen LogP contribution in [0.3, 0.4) is 0 Å². The van der Waals surface area contributed by atoms with E-state index in [0.29, 0.717) is 16.7 Å². The second kappa shape index (κ2) is 7.23. The van der Waals surface area contributed by atoms with E-state index in [1.54, 1.807) is 14.0 Å². The molecule has 0 saturated heterocycles. The Bertz CT molecular complexity index is 1050. The first-order valence-electron chi connectivity index (χ1n) is 9.06. The monoisotopic (exact) mass is 383 g/mol. The summed E-state index contributed by atoms with van der Waals surface area (Å²) in [6.45, 7) is 1.66. The number of carbonyl (C=O) groups excluding carboxylic acids is 1. The first kappa shape index (κ1) is 17.9. The van der Waals surface area contributed by atoms with E-state index in [1.165, 1.54) is 41.5 Å². The van der Waals surface area contributed by atoms with Crippen molar-refractivity contribution in [1.82, 2.24) is 9.55 Å². The molecule has 1 saturated carbocycles. The highest BCUT2D eigenvalue weighted by molar-refractivity contribution is 8.00. The Hall–Kier alpha value is -2.54. The van der Waals surface area contributed by atoms with Crippen LogP contribution >= 0.6 is 11.8 Å². The van der Waals surface area contributed by atoms with Crippen LogP contribution in [-0.2, 0) is 7.05 Å². The molecule has 0 spiro atoms. The third-order valence-corrected chi connectivity index (χ3v) is 6.24. The zero-order chi connectivity index (χ0) is 19.0. The largest absolute Gasteiger partial charge is 0.442 e. The Balaban J connectivity index is 1.56. The van der Waals surface area contributed by atoms with Gasteiger partial charge in [-0.05, 0) is 44.0 Å². The first-order valence-corrected chi connectivity index (χ1v) is 9.93. The van der Waals surface area contributed by atoms with Crippen LogP contribution in [-0.4, -0.2) is 20.7 Å². The van der Waals surface area contributed by atoms with Gasteiger partial charge in [-0.2, -0.15) is 0 Å². The summed E-state index contributed by atoms with van der Waals surface area (Å²) in [5, 5.41) is 3.78. The van der Waals surface area contributed by atoms with E-state index in [9.17, 15) is 9.59 Å². The van der Waals surface area contributed by atoms with Gasteiger partial charge in [0, 0.05) is 22.9 Å². The SMILES string of the molecule is Cc1oc2ncn(C)c(=O)c2c1C(=O)Nc1ccc(SC2CCCC2)cc1. The van der Waals surface area contributed by atoms with Crippen molar-refractivity contribution in [2.45, 2.75) is 42.8 Å². The van der Waals surface area contributed by atoms with E-state index in [1.807, 2.05) is 36.0 Å². The summed E-state index contributed by atoms with van der Waals surface area (Å²) in [7, 11) is 1.60. The molecule has 0 atom stereocenters. The van der Waals surface area contributed by atoms with Crippen molar-refractivity contribution in [2.24, 2.45) is 7.05 Å². The van der Waals surface area contributed by atoms with Gasteiger partial charge < -0.3 is 14.3 Å². The molecule has 1 aliphatic rings. The Kier molecular flexibility index (Phi) is 4.78. The van der Waals surface area contributed by atoms with Crippen LogP contribution in [0.5, 0.6) is 0 Å². The lowest BCUT2D eigenvalue weighted by atomic mass is 10.1. The van der Waals surface area contributed by atoms with Crippen LogP contribution in [0.1, 0.15) is 41.8 Å². The highest BCUT2D eigenvalue weighted by Crippen LogP contribution is 2.35. The van der Waals surface area contributed by atoms with Crippen molar-refractivity contribution in [3.8, 4) is 0 Å². The Morgan fingerprint density at radius 3 is 2.67 bits per heavy atom. The molecule has 0 radical (unpaired) electrons. The number of nitrogens with one attached hydrogen (secondary N) is 1. The summed E-state index contributed by atoms with van der Waals surface area (Å²) in [6.07, 6.45) is 6.57. The Labute approximate surface area is 161 Å². The predicted octanol–water partition coefficient (Wildman–Crippen LogP) is 4.12. The molecule has 6 nitrogen and oxygen atoms in total. The fraction of sp³-hybridized carbons (Fsp3) is 0.350. The highest BCUT2D eigenvalue weighted by atomic mass is 32.2. The zero-order valence-electron chi connectivity index (χ0n) is 15.3. The van der Waals surface area contributed by atoms with Crippen molar-refractivity contribution in [2.75, 3.05) is 5.32 Å². The molecule has 27 heavy (non-hydrogen) atoms. The van der Waals surface area contributed by atoms with Crippen LogP contribution in [0.2, 0.25) is 0 Å². The van der Waals surface area contributed by atoms with Crippen LogP contribution in [0.4, 0.5) is 5.69 Å². The maximum atomic E-state index is 12.8. The number of benzene rings is 1. The van der Waals surface area contributed by atoms with Crippen molar-refractivity contribution in [1.29, 1.82) is 0 Å². The van der Waals surface area contributed by atoms with Gasteiger partial charge in [-0.1, -0.05) is 12.8 Å². The normalized spacial score (nSPS) is 14.7. The summed E-state index contributed by atoms with van der Waals surface area (Å²) in [4.78, 5) is 30.5. The van der Waals surface area contributed by atoms with Crippen molar-refractivity contribution < 1.29 is 9.21 Å². The summed E-state index contributed by atoms with van der Waals surface area (Å²) < 4.78 is 6.83. The quantitative estimate of drug-likeness (QED) is 0.733. The molecule has 140 valence electrons. The second-order valence-corrected chi connectivity index (χ2v) is 8.25. The van der Waals surface area contributed by atoms with E-state index in [2.05, 4.69) is 10.3 Å². The molecule has 0 unspecified atom stereocenters. The predicted molar refractivity (Wildman–Crippen MR) is 106 cm³/mol. The van der Waals surface area contributed by atoms with Crippen LogP contribution < -0.4 is 10.9 Å². The minimum absolute atomic E-state index is 0.184. The van der Waals surface area contributed by atoms with Gasteiger partial charge in [0.2, 0.25) is 5.71 Å². The maximum Gasteiger partial charge on any atom is 0.265 e. The standard InChI is InChI=1S/C20H21N3O3S/c1-12-16(17-19(26-12)21-11-23(2)20(17)25)18(24)22-13-7-9-15(10-8-13)27-14-5-3-4-6-14/h7-11,14H,3-6H2,1-2H3,(H,22,24). The Morgan fingerprint density at radius 1 is 1.26 bits per heavy atom. The number of rotatable bonds is 4. The minimum atomic E-state index is -0.368. The van der Waals surface area contributed by atoms with Crippen molar-refractivity contribution in [3.63, 3.8) is 0 Å². The molecule has 1 aliphatic carbocycles. The molecule has 4 rings (SSSR count). The number of fused-ring (bicyclic) bond motifs is 1.